The zero-order valence-corrected chi connectivity index (χ0v) is 16.0. The molecule has 2 aromatic rings. The Bertz CT molecular complexity index is 771. The highest BCUT2D eigenvalue weighted by molar-refractivity contribution is 5.93. The van der Waals surface area contributed by atoms with E-state index in [4.69, 9.17) is 4.74 Å². The number of hydrogen-bond acceptors (Lipinski definition) is 5. The van der Waals surface area contributed by atoms with Gasteiger partial charge in [-0.25, -0.2) is 4.79 Å². The second-order valence-corrected chi connectivity index (χ2v) is 6.28. The Morgan fingerprint density at radius 2 is 1.61 bits per heavy atom. The van der Waals surface area contributed by atoms with Crippen molar-refractivity contribution < 1.29 is 23.9 Å². The third-order valence-corrected chi connectivity index (χ3v) is 4.09. The second-order valence-electron chi connectivity index (χ2n) is 6.28. The van der Waals surface area contributed by atoms with Gasteiger partial charge >= 0.3 is 11.9 Å². The number of carbonyl (C=O) groups excluding carboxylic acids is 3. The van der Waals surface area contributed by atoms with Gasteiger partial charge in [0.25, 0.3) is 0 Å². The lowest BCUT2D eigenvalue weighted by molar-refractivity contribution is -0.143. The third kappa shape index (κ3) is 7.61. The summed E-state index contributed by atoms with van der Waals surface area (Å²) in [5.41, 5.74) is 2.21. The molecule has 0 saturated heterocycles. The van der Waals surface area contributed by atoms with E-state index < -0.39 is 5.97 Å². The Kier molecular flexibility index (Phi) is 8.72. The normalized spacial score (nSPS) is 10.2. The number of benzene rings is 2. The topological polar surface area (TPSA) is 81.7 Å². The minimum atomic E-state index is -0.430. The van der Waals surface area contributed by atoms with Crippen LogP contribution >= 0.6 is 0 Å². The maximum atomic E-state index is 11.9. The lowest BCUT2D eigenvalue weighted by Crippen LogP contribution is -2.13. The summed E-state index contributed by atoms with van der Waals surface area (Å²) in [4.78, 5) is 35.0. The van der Waals surface area contributed by atoms with E-state index in [2.05, 4.69) is 10.1 Å². The molecular formula is C22H25NO5. The Hall–Kier alpha value is -3.15. The second kappa shape index (κ2) is 11.5. The SMILES string of the molecule is COC(=O)c1ccc(NC(=O)CCCC(=O)OCCCc2ccccc2)cc1. The van der Waals surface area contributed by atoms with E-state index in [1.165, 1.54) is 12.7 Å². The summed E-state index contributed by atoms with van der Waals surface area (Å²) in [6, 6.07) is 16.4. The average Bonchev–Trinajstić information content (AvgIpc) is 2.72. The number of anilines is 1. The van der Waals surface area contributed by atoms with Crippen LogP contribution < -0.4 is 5.32 Å². The van der Waals surface area contributed by atoms with Gasteiger partial charge in [-0.15, -0.1) is 0 Å². The molecule has 0 aliphatic carbocycles. The highest BCUT2D eigenvalue weighted by Gasteiger charge is 2.08. The number of rotatable bonds is 10. The molecule has 1 amide bonds. The lowest BCUT2D eigenvalue weighted by atomic mass is 10.1. The van der Waals surface area contributed by atoms with Gasteiger partial charge < -0.3 is 14.8 Å². The van der Waals surface area contributed by atoms with Crippen LogP contribution in [0.2, 0.25) is 0 Å². The molecule has 0 spiro atoms. The van der Waals surface area contributed by atoms with Gasteiger partial charge in [0.2, 0.25) is 5.91 Å². The largest absolute Gasteiger partial charge is 0.466 e. The van der Waals surface area contributed by atoms with Crippen molar-refractivity contribution in [3.8, 4) is 0 Å². The molecule has 0 saturated carbocycles. The highest BCUT2D eigenvalue weighted by Crippen LogP contribution is 2.11. The number of carbonyl (C=O) groups is 3. The average molecular weight is 383 g/mol. The van der Waals surface area contributed by atoms with Crippen LogP contribution in [-0.2, 0) is 25.5 Å². The zero-order valence-electron chi connectivity index (χ0n) is 16.0. The summed E-state index contributed by atoms with van der Waals surface area (Å²) in [5, 5.41) is 2.73. The lowest BCUT2D eigenvalue weighted by Gasteiger charge is -2.07. The maximum absolute atomic E-state index is 11.9. The summed E-state index contributed by atoms with van der Waals surface area (Å²) < 4.78 is 9.82. The van der Waals surface area contributed by atoms with E-state index in [0.29, 0.717) is 24.3 Å². The first-order valence-corrected chi connectivity index (χ1v) is 9.26. The van der Waals surface area contributed by atoms with E-state index in [0.717, 1.165) is 12.8 Å². The number of aryl methyl sites for hydroxylation is 1. The van der Waals surface area contributed by atoms with Crippen LogP contribution in [0.3, 0.4) is 0 Å². The van der Waals surface area contributed by atoms with E-state index >= 15 is 0 Å². The van der Waals surface area contributed by atoms with Crippen molar-refractivity contribution in [3.05, 3.63) is 65.7 Å². The van der Waals surface area contributed by atoms with Crippen molar-refractivity contribution in [1.82, 2.24) is 0 Å². The van der Waals surface area contributed by atoms with Crippen molar-refractivity contribution in [1.29, 1.82) is 0 Å². The van der Waals surface area contributed by atoms with E-state index in [-0.39, 0.29) is 24.7 Å². The fraction of sp³-hybridized carbons (Fsp3) is 0.318. The molecular weight excluding hydrogens is 358 g/mol. The molecule has 6 nitrogen and oxygen atoms in total. The fourth-order valence-corrected chi connectivity index (χ4v) is 2.60. The molecule has 0 aromatic heterocycles. The minimum absolute atomic E-state index is 0.192. The molecule has 0 fully saturated rings. The van der Waals surface area contributed by atoms with Crippen LogP contribution in [0.4, 0.5) is 5.69 Å². The predicted molar refractivity (Wildman–Crippen MR) is 106 cm³/mol. The third-order valence-electron chi connectivity index (χ3n) is 4.09. The summed E-state index contributed by atoms with van der Waals surface area (Å²) in [6.07, 6.45) is 2.49. The van der Waals surface area contributed by atoms with Gasteiger partial charge in [-0.05, 0) is 49.1 Å². The number of ether oxygens (including phenoxy) is 2. The molecule has 1 N–H and O–H groups in total. The molecule has 0 radical (unpaired) electrons. The standard InChI is InChI=1S/C22H25NO5/c1-27-22(26)18-12-14-19(15-13-18)23-20(24)10-5-11-21(25)28-16-6-9-17-7-3-2-4-8-17/h2-4,7-8,12-15H,5-6,9-11,16H2,1H3,(H,23,24). The quantitative estimate of drug-likeness (QED) is 0.499. The Balaban J connectivity index is 1.58. The number of esters is 2. The summed E-state index contributed by atoms with van der Waals surface area (Å²) in [7, 11) is 1.31. The zero-order chi connectivity index (χ0) is 20.2. The highest BCUT2D eigenvalue weighted by atomic mass is 16.5. The number of nitrogens with one attached hydrogen (secondary N) is 1. The Morgan fingerprint density at radius 1 is 0.893 bits per heavy atom. The van der Waals surface area contributed by atoms with Crippen LogP contribution in [0.15, 0.2) is 54.6 Å². The van der Waals surface area contributed by atoms with E-state index in [9.17, 15) is 14.4 Å². The molecule has 0 unspecified atom stereocenters. The van der Waals surface area contributed by atoms with E-state index in [1.54, 1.807) is 24.3 Å². The molecule has 2 rings (SSSR count). The van der Waals surface area contributed by atoms with Crippen molar-refractivity contribution in [2.24, 2.45) is 0 Å². The molecule has 2 aromatic carbocycles. The van der Waals surface area contributed by atoms with Crippen LogP contribution in [-0.4, -0.2) is 31.6 Å². The van der Waals surface area contributed by atoms with Crippen molar-refractivity contribution in [2.45, 2.75) is 32.1 Å². The molecule has 0 bridgehead atoms. The van der Waals surface area contributed by atoms with E-state index in [1.807, 2.05) is 30.3 Å². The van der Waals surface area contributed by atoms with Gasteiger partial charge in [-0.3, -0.25) is 9.59 Å². The van der Waals surface area contributed by atoms with Gasteiger partial charge in [0, 0.05) is 18.5 Å². The van der Waals surface area contributed by atoms with Crippen LogP contribution in [0.5, 0.6) is 0 Å². The minimum Gasteiger partial charge on any atom is -0.466 e. The molecule has 0 aliphatic rings. The van der Waals surface area contributed by atoms with Crippen molar-refractivity contribution >= 4 is 23.5 Å². The monoisotopic (exact) mass is 383 g/mol. The van der Waals surface area contributed by atoms with Gasteiger partial charge in [0.15, 0.2) is 0 Å². The van der Waals surface area contributed by atoms with Gasteiger partial charge in [-0.1, -0.05) is 30.3 Å². The van der Waals surface area contributed by atoms with Gasteiger partial charge in [0.1, 0.15) is 0 Å². The van der Waals surface area contributed by atoms with Gasteiger partial charge in [0.05, 0.1) is 19.3 Å². The number of methoxy groups -OCH3 is 1. The first kappa shape index (κ1) is 21.2. The summed E-state index contributed by atoms with van der Waals surface area (Å²) in [5.74, 6) is -0.911. The molecule has 28 heavy (non-hydrogen) atoms. The maximum Gasteiger partial charge on any atom is 0.337 e. The smallest absolute Gasteiger partial charge is 0.337 e. The molecule has 6 heteroatoms. The van der Waals surface area contributed by atoms with Crippen LogP contribution in [0, 0.1) is 0 Å². The summed E-state index contributed by atoms with van der Waals surface area (Å²) >= 11 is 0. The Labute approximate surface area is 164 Å². The van der Waals surface area contributed by atoms with Crippen LogP contribution in [0.1, 0.15) is 41.6 Å². The molecule has 0 atom stereocenters. The molecule has 0 heterocycles. The first-order chi connectivity index (χ1) is 13.6. The Morgan fingerprint density at radius 3 is 2.29 bits per heavy atom. The first-order valence-electron chi connectivity index (χ1n) is 9.26. The van der Waals surface area contributed by atoms with Crippen molar-refractivity contribution in [3.63, 3.8) is 0 Å². The van der Waals surface area contributed by atoms with Crippen molar-refractivity contribution in [2.75, 3.05) is 19.0 Å². The number of amides is 1. The van der Waals surface area contributed by atoms with Crippen LogP contribution in [0.25, 0.3) is 0 Å². The molecule has 0 aliphatic heterocycles. The predicted octanol–water partition coefficient (Wildman–Crippen LogP) is 3.76. The van der Waals surface area contributed by atoms with Gasteiger partial charge in [-0.2, -0.15) is 0 Å². The summed E-state index contributed by atoms with van der Waals surface area (Å²) in [6.45, 7) is 0.381. The fourth-order valence-electron chi connectivity index (χ4n) is 2.60. The number of hydrogen-bond donors (Lipinski definition) is 1. The molecule has 148 valence electrons.